The molecule has 7 aromatic carbocycles. The van der Waals surface area contributed by atoms with E-state index in [1.165, 1.54) is 49.0 Å². The molecule has 0 aliphatic heterocycles. The molecule has 38 heavy (non-hydrogen) atoms. The summed E-state index contributed by atoms with van der Waals surface area (Å²) in [5.41, 5.74) is 6.65. The predicted molar refractivity (Wildman–Crippen MR) is 165 cm³/mol. The summed E-state index contributed by atoms with van der Waals surface area (Å²) >= 11 is 3.82. The van der Waals surface area contributed by atoms with Gasteiger partial charge < -0.3 is 4.42 Å². The fraction of sp³-hybridized carbons (Fsp3) is 0. The van der Waals surface area contributed by atoms with Crippen molar-refractivity contribution >= 4 is 70.2 Å². The number of hydrogen-bond donors (Lipinski definition) is 0. The lowest BCUT2D eigenvalue weighted by Gasteiger charge is -2.19. The van der Waals surface area contributed by atoms with Crippen molar-refractivity contribution in [3.63, 3.8) is 0 Å². The molecule has 0 fully saturated rings. The van der Waals surface area contributed by atoms with Crippen LogP contribution in [-0.4, -0.2) is 0 Å². The van der Waals surface area contributed by atoms with Gasteiger partial charge in [0.1, 0.15) is 11.2 Å². The highest BCUT2D eigenvalue weighted by molar-refractivity contribution is 9.10. The monoisotopic (exact) mass is 548 g/mol. The maximum atomic E-state index is 6.54. The zero-order valence-corrected chi connectivity index (χ0v) is 22.0. The van der Waals surface area contributed by atoms with Crippen LogP contribution in [0, 0.1) is 0 Å². The maximum Gasteiger partial charge on any atom is 0.143 e. The quantitative estimate of drug-likeness (QED) is 0.196. The number of benzene rings is 7. The second-order valence-corrected chi connectivity index (χ2v) is 10.7. The molecular formula is C36H21BrO. The van der Waals surface area contributed by atoms with Gasteiger partial charge >= 0.3 is 0 Å². The number of hydrogen-bond acceptors (Lipinski definition) is 1. The van der Waals surface area contributed by atoms with Crippen LogP contribution in [0.3, 0.4) is 0 Å². The number of fused-ring (bicyclic) bond motifs is 6. The molecule has 1 heterocycles. The lowest BCUT2D eigenvalue weighted by atomic mass is 9.84. The van der Waals surface area contributed by atoms with Crippen molar-refractivity contribution in [2.75, 3.05) is 0 Å². The van der Waals surface area contributed by atoms with E-state index in [0.717, 1.165) is 32.0 Å². The van der Waals surface area contributed by atoms with E-state index in [1.54, 1.807) is 0 Å². The topological polar surface area (TPSA) is 13.1 Å². The maximum absolute atomic E-state index is 6.54. The van der Waals surface area contributed by atoms with Gasteiger partial charge in [0.2, 0.25) is 0 Å². The van der Waals surface area contributed by atoms with Crippen LogP contribution >= 0.6 is 15.9 Å². The SMILES string of the molecule is Brc1cc(-c2c3ccccc3c(-c3cccc4ccccc34)c3ccccc23)c2oc3ccccc3c2c1. The molecule has 8 aromatic rings. The highest BCUT2D eigenvalue weighted by Gasteiger charge is 2.21. The van der Waals surface area contributed by atoms with Gasteiger partial charge in [-0.05, 0) is 61.6 Å². The van der Waals surface area contributed by atoms with Gasteiger partial charge in [-0.15, -0.1) is 0 Å². The molecule has 0 spiro atoms. The minimum atomic E-state index is 0.905. The Morgan fingerprint density at radius 1 is 0.421 bits per heavy atom. The molecule has 0 unspecified atom stereocenters. The molecule has 1 nitrogen and oxygen atoms in total. The fourth-order valence-electron chi connectivity index (χ4n) is 6.13. The Labute approximate surface area is 228 Å². The minimum absolute atomic E-state index is 0.905. The molecule has 2 heteroatoms. The molecule has 178 valence electrons. The smallest absolute Gasteiger partial charge is 0.143 e. The van der Waals surface area contributed by atoms with E-state index < -0.39 is 0 Å². The summed E-state index contributed by atoms with van der Waals surface area (Å²) in [6.07, 6.45) is 0. The van der Waals surface area contributed by atoms with Gasteiger partial charge in [-0.3, -0.25) is 0 Å². The van der Waals surface area contributed by atoms with Crippen molar-refractivity contribution in [3.8, 4) is 22.3 Å². The van der Waals surface area contributed by atoms with Crippen LogP contribution < -0.4 is 0 Å². The molecule has 0 saturated heterocycles. The van der Waals surface area contributed by atoms with Crippen molar-refractivity contribution in [1.29, 1.82) is 0 Å². The van der Waals surface area contributed by atoms with E-state index in [1.807, 2.05) is 12.1 Å². The minimum Gasteiger partial charge on any atom is -0.455 e. The first-order chi connectivity index (χ1) is 18.8. The summed E-state index contributed by atoms with van der Waals surface area (Å²) in [5, 5.41) is 9.67. The number of halogens is 1. The Bertz CT molecular complexity index is 2140. The lowest BCUT2D eigenvalue weighted by molar-refractivity contribution is 0.670. The second-order valence-electron chi connectivity index (χ2n) is 9.80. The van der Waals surface area contributed by atoms with Crippen LogP contribution in [0.2, 0.25) is 0 Å². The lowest BCUT2D eigenvalue weighted by Crippen LogP contribution is -1.92. The molecule has 0 saturated carbocycles. The normalized spacial score (nSPS) is 11.8. The standard InChI is InChI=1S/C36H21BrO/c37-23-20-31-25-13-7-8-19-33(25)38-36(31)32(21-23)35-29-16-5-3-14-27(29)34(28-15-4-6-17-30(28)35)26-18-9-11-22-10-1-2-12-24(22)26/h1-21H. The average Bonchev–Trinajstić information content (AvgIpc) is 3.34. The molecule has 0 amide bonds. The van der Waals surface area contributed by atoms with Gasteiger partial charge in [0.05, 0.1) is 0 Å². The number of furan rings is 1. The Morgan fingerprint density at radius 2 is 0.947 bits per heavy atom. The largest absolute Gasteiger partial charge is 0.455 e. The third-order valence-electron chi connectivity index (χ3n) is 7.70. The Hall–Kier alpha value is -4.40. The predicted octanol–water partition coefficient (Wildman–Crippen LogP) is 11.1. The van der Waals surface area contributed by atoms with Crippen molar-refractivity contribution in [3.05, 3.63) is 132 Å². The van der Waals surface area contributed by atoms with Crippen LogP contribution in [0.4, 0.5) is 0 Å². The van der Waals surface area contributed by atoms with Crippen molar-refractivity contribution in [2.45, 2.75) is 0 Å². The highest BCUT2D eigenvalue weighted by Crippen LogP contribution is 2.48. The summed E-state index contributed by atoms with van der Waals surface area (Å²) in [5.74, 6) is 0. The fourth-order valence-corrected chi connectivity index (χ4v) is 6.59. The summed E-state index contributed by atoms with van der Waals surface area (Å²) in [4.78, 5) is 0. The molecule has 0 bridgehead atoms. The molecular weight excluding hydrogens is 528 g/mol. The zero-order valence-electron chi connectivity index (χ0n) is 20.4. The van der Waals surface area contributed by atoms with Gasteiger partial charge in [0, 0.05) is 26.4 Å². The summed E-state index contributed by atoms with van der Waals surface area (Å²) in [6.45, 7) is 0. The Kier molecular flexibility index (Phi) is 4.74. The van der Waals surface area contributed by atoms with Crippen LogP contribution in [0.25, 0.3) is 76.5 Å². The van der Waals surface area contributed by atoms with Crippen molar-refractivity contribution in [2.24, 2.45) is 0 Å². The first kappa shape index (κ1) is 21.7. The van der Waals surface area contributed by atoms with Gasteiger partial charge in [-0.1, -0.05) is 125 Å². The third-order valence-corrected chi connectivity index (χ3v) is 8.16. The first-order valence-corrected chi connectivity index (χ1v) is 13.6. The molecule has 0 radical (unpaired) electrons. The van der Waals surface area contributed by atoms with Gasteiger partial charge in [-0.2, -0.15) is 0 Å². The highest BCUT2D eigenvalue weighted by atomic mass is 79.9. The number of rotatable bonds is 2. The number of para-hydroxylation sites is 1. The second kappa shape index (κ2) is 8.31. The molecule has 0 aliphatic rings. The summed E-state index contributed by atoms with van der Waals surface area (Å²) < 4.78 is 7.58. The third kappa shape index (κ3) is 3.11. The Balaban J connectivity index is 1.58. The van der Waals surface area contributed by atoms with E-state index in [2.05, 4.69) is 131 Å². The summed E-state index contributed by atoms with van der Waals surface area (Å²) in [6, 6.07) is 45.5. The van der Waals surface area contributed by atoms with E-state index >= 15 is 0 Å². The molecule has 0 N–H and O–H groups in total. The van der Waals surface area contributed by atoms with Crippen molar-refractivity contribution in [1.82, 2.24) is 0 Å². The molecule has 8 rings (SSSR count). The van der Waals surface area contributed by atoms with E-state index in [4.69, 9.17) is 4.42 Å². The Morgan fingerprint density at radius 3 is 1.63 bits per heavy atom. The van der Waals surface area contributed by atoms with Crippen LogP contribution in [0.15, 0.2) is 136 Å². The van der Waals surface area contributed by atoms with Crippen LogP contribution in [0.1, 0.15) is 0 Å². The first-order valence-electron chi connectivity index (χ1n) is 12.8. The summed E-state index contributed by atoms with van der Waals surface area (Å²) in [7, 11) is 0. The van der Waals surface area contributed by atoms with Gasteiger partial charge in [0.25, 0.3) is 0 Å². The van der Waals surface area contributed by atoms with Crippen LogP contribution in [-0.2, 0) is 0 Å². The molecule has 0 aliphatic carbocycles. The van der Waals surface area contributed by atoms with E-state index in [-0.39, 0.29) is 0 Å². The van der Waals surface area contributed by atoms with Gasteiger partial charge in [0.15, 0.2) is 0 Å². The van der Waals surface area contributed by atoms with Crippen LogP contribution in [0.5, 0.6) is 0 Å². The van der Waals surface area contributed by atoms with E-state index in [9.17, 15) is 0 Å². The average molecular weight is 549 g/mol. The molecule has 0 atom stereocenters. The molecule has 1 aromatic heterocycles. The zero-order chi connectivity index (χ0) is 25.2. The van der Waals surface area contributed by atoms with E-state index in [0.29, 0.717) is 0 Å². The van der Waals surface area contributed by atoms with Crippen molar-refractivity contribution < 1.29 is 4.42 Å². The van der Waals surface area contributed by atoms with Gasteiger partial charge in [-0.25, -0.2) is 0 Å².